The average molecular weight is 381 g/mol. The number of nitrogens with zero attached hydrogens (tertiary/aromatic N) is 2. The number of hydrazone groups is 1. The van der Waals surface area contributed by atoms with Crippen LogP contribution < -0.4 is 5.43 Å². The van der Waals surface area contributed by atoms with Gasteiger partial charge < -0.3 is 4.57 Å². The number of hydrogen-bond donors (Lipinski definition) is 1. The Bertz CT molecular complexity index is 1220. The Kier molecular flexibility index (Phi) is 5.00. The molecule has 0 spiro atoms. The van der Waals surface area contributed by atoms with Gasteiger partial charge in [-0.05, 0) is 32.0 Å². The maximum Gasteiger partial charge on any atom is 0.288 e. The summed E-state index contributed by atoms with van der Waals surface area (Å²) in [5, 5.41) is 5.56. The normalized spacial score (nSPS) is 11.6. The average Bonchev–Trinajstić information content (AvgIpc) is 3.06. The molecule has 144 valence electrons. The van der Waals surface area contributed by atoms with Crippen LogP contribution in [0.4, 0.5) is 0 Å². The molecule has 1 aromatic heterocycles. The third kappa shape index (κ3) is 3.83. The van der Waals surface area contributed by atoms with Crippen molar-refractivity contribution in [2.45, 2.75) is 13.8 Å². The molecule has 0 aliphatic carbocycles. The second kappa shape index (κ2) is 7.76. The van der Waals surface area contributed by atoms with Crippen LogP contribution >= 0.6 is 0 Å². The Balaban J connectivity index is 1.71. The highest BCUT2D eigenvalue weighted by molar-refractivity contribution is 6.13. The predicted octanol–water partition coefficient (Wildman–Crippen LogP) is 4.98. The van der Waals surface area contributed by atoms with Crippen molar-refractivity contribution in [3.8, 4) is 0 Å². The summed E-state index contributed by atoms with van der Waals surface area (Å²) in [7, 11) is 1.89. The molecule has 0 radical (unpaired) electrons. The minimum Gasteiger partial charge on any atom is -0.340 e. The molecule has 4 aromatic rings. The molecule has 0 bridgehead atoms. The minimum absolute atomic E-state index is 0.235. The van der Waals surface area contributed by atoms with Gasteiger partial charge in [0.05, 0.1) is 5.71 Å². The molecule has 0 aliphatic rings. The Labute approximate surface area is 170 Å². The van der Waals surface area contributed by atoms with Crippen LogP contribution in [0, 0.1) is 13.8 Å². The lowest BCUT2D eigenvalue weighted by molar-refractivity contribution is 0.0947. The summed E-state index contributed by atoms with van der Waals surface area (Å²) in [6.07, 6.45) is 0. The Morgan fingerprint density at radius 1 is 0.828 bits per heavy atom. The number of nitrogens with one attached hydrogen (secondary N) is 1. The van der Waals surface area contributed by atoms with E-state index < -0.39 is 0 Å². The highest BCUT2D eigenvalue weighted by Crippen LogP contribution is 2.18. The topological polar surface area (TPSA) is 46.4 Å². The number of para-hydroxylation sites is 1. The number of carbonyl (C=O) groups is 1. The lowest BCUT2D eigenvalue weighted by atomic mass is 10.00. The second-order valence-corrected chi connectivity index (χ2v) is 7.28. The Morgan fingerprint density at radius 3 is 2.31 bits per heavy atom. The highest BCUT2D eigenvalue weighted by atomic mass is 16.2. The zero-order chi connectivity index (χ0) is 20.4. The monoisotopic (exact) mass is 381 g/mol. The fourth-order valence-electron chi connectivity index (χ4n) is 3.47. The fourth-order valence-corrected chi connectivity index (χ4v) is 3.47. The van der Waals surface area contributed by atoms with E-state index in [-0.39, 0.29) is 5.91 Å². The van der Waals surface area contributed by atoms with E-state index in [4.69, 9.17) is 0 Å². The predicted molar refractivity (Wildman–Crippen MR) is 118 cm³/mol. The molecule has 4 heteroatoms. The van der Waals surface area contributed by atoms with Gasteiger partial charge in [-0.25, -0.2) is 5.43 Å². The van der Waals surface area contributed by atoms with Crippen LogP contribution in [0.5, 0.6) is 0 Å². The van der Waals surface area contributed by atoms with Crippen molar-refractivity contribution in [1.29, 1.82) is 0 Å². The summed E-state index contributed by atoms with van der Waals surface area (Å²) in [6, 6.07) is 26.1. The number of aromatic nitrogens is 1. The zero-order valence-electron chi connectivity index (χ0n) is 16.8. The molecule has 0 unspecified atom stereocenters. The van der Waals surface area contributed by atoms with E-state index in [1.165, 1.54) is 5.56 Å². The van der Waals surface area contributed by atoms with Crippen LogP contribution in [-0.2, 0) is 7.05 Å². The molecule has 1 heterocycles. The van der Waals surface area contributed by atoms with Crippen LogP contribution in [-0.4, -0.2) is 16.2 Å². The summed E-state index contributed by atoms with van der Waals surface area (Å²) >= 11 is 0. The van der Waals surface area contributed by atoms with Crippen LogP contribution in [0.1, 0.15) is 32.7 Å². The number of amides is 1. The summed E-state index contributed by atoms with van der Waals surface area (Å²) in [5.41, 5.74) is 9.32. The van der Waals surface area contributed by atoms with Gasteiger partial charge >= 0.3 is 0 Å². The second-order valence-electron chi connectivity index (χ2n) is 7.28. The van der Waals surface area contributed by atoms with Crippen LogP contribution in [0.25, 0.3) is 10.9 Å². The van der Waals surface area contributed by atoms with Crippen molar-refractivity contribution in [2.75, 3.05) is 0 Å². The molecule has 0 fully saturated rings. The third-order valence-corrected chi connectivity index (χ3v) is 5.07. The summed E-state index contributed by atoms with van der Waals surface area (Å²) < 4.78 is 1.89. The van der Waals surface area contributed by atoms with Gasteiger partial charge in [0.25, 0.3) is 5.91 Å². The largest absolute Gasteiger partial charge is 0.340 e. The molecule has 4 nitrogen and oxygen atoms in total. The van der Waals surface area contributed by atoms with Gasteiger partial charge in [0, 0.05) is 29.1 Å². The first kappa shape index (κ1) is 18.7. The van der Waals surface area contributed by atoms with Crippen molar-refractivity contribution >= 4 is 22.5 Å². The standard InChI is InChI=1S/C25H23N3O/c1-17-11-13-19(14-12-17)24(21-9-6-7-18(2)15-21)26-27-25(29)23-16-20-8-4-5-10-22(20)28(23)3/h4-16H,1-3H3,(H,27,29)/b26-24-. The van der Waals surface area contributed by atoms with E-state index in [1.807, 2.05) is 91.3 Å². The molecule has 29 heavy (non-hydrogen) atoms. The summed E-state index contributed by atoms with van der Waals surface area (Å²) in [4.78, 5) is 12.9. The molecular weight excluding hydrogens is 358 g/mol. The number of rotatable bonds is 4. The van der Waals surface area contributed by atoms with Crippen LogP contribution in [0.3, 0.4) is 0 Å². The zero-order valence-corrected chi connectivity index (χ0v) is 16.8. The SMILES string of the molecule is Cc1ccc(/C(=N/NC(=O)c2cc3ccccc3n2C)c2cccc(C)c2)cc1. The molecule has 1 amide bonds. The van der Waals surface area contributed by atoms with Gasteiger partial charge in [0.15, 0.2) is 0 Å². The van der Waals surface area contributed by atoms with Crippen LogP contribution in [0.15, 0.2) is 84.0 Å². The van der Waals surface area contributed by atoms with Crippen molar-refractivity contribution < 1.29 is 4.79 Å². The first-order valence-electron chi connectivity index (χ1n) is 9.59. The maximum absolute atomic E-state index is 12.9. The van der Waals surface area contributed by atoms with Crippen molar-refractivity contribution in [2.24, 2.45) is 12.1 Å². The number of aryl methyl sites for hydroxylation is 3. The smallest absolute Gasteiger partial charge is 0.288 e. The lowest BCUT2D eigenvalue weighted by Gasteiger charge is -2.10. The van der Waals surface area contributed by atoms with Gasteiger partial charge in [-0.15, -0.1) is 0 Å². The molecule has 0 aliphatic heterocycles. The molecule has 0 atom stereocenters. The van der Waals surface area contributed by atoms with Crippen molar-refractivity contribution in [3.05, 3.63) is 107 Å². The van der Waals surface area contributed by atoms with E-state index >= 15 is 0 Å². The number of benzene rings is 3. The molecule has 1 N–H and O–H groups in total. The van der Waals surface area contributed by atoms with E-state index in [0.29, 0.717) is 5.69 Å². The fraction of sp³-hybridized carbons (Fsp3) is 0.120. The molecule has 0 saturated carbocycles. The third-order valence-electron chi connectivity index (χ3n) is 5.07. The van der Waals surface area contributed by atoms with Crippen molar-refractivity contribution in [1.82, 2.24) is 9.99 Å². The maximum atomic E-state index is 12.9. The minimum atomic E-state index is -0.235. The molecule has 4 rings (SSSR count). The van der Waals surface area contributed by atoms with Gasteiger partial charge in [-0.3, -0.25) is 4.79 Å². The first-order valence-corrected chi connectivity index (χ1v) is 9.59. The quantitative estimate of drug-likeness (QED) is 0.393. The molecule has 0 saturated heterocycles. The van der Waals surface area contributed by atoms with E-state index in [1.54, 1.807) is 0 Å². The van der Waals surface area contributed by atoms with Crippen molar-refractivity contribution in [3.63, 3.8) is 0 Å². The van der Waals surface area contributed by atoms with Gasteiger partial charge in [-0.1, -0.05) is 71.8 Å². The van der Waals surface area contributed by atoms with Gasteiger partial charge in [0.2, 0.25) is 0 Å². The van der Waals surface area contributed by atoms with E-state index in [2.05, 4.69) is 23.5 Å². The number of fused-ring (bicyclic) bond motifs is 1. The highest BCUT2D eigenvalue weighted by Gasteiger charge is 2.14. The van der Waals surface area contributed by atoms with Crippen LogP contribution in [0.2, 0.25) is 0 Å². The van der Waals surface area contributed by atoms with E-state index in [0.717, 1.165) is 33.3 Å². The molecule has 3 aromatic carbocycles. The number of hydrogen-bond acceptors (Lipinski definition) is 2. The number of carbonyl (C=O) groups excluding carboxylic acids is 1. The first-order chi connectivity index (χ1) is 14.0. The Morgan fingerprint density at radius 2 is 1.59 bits per heavy atom. The van der Waals surface area contributed by atoms with E-state index in [9.17, 15) is 4.79 Å². The summed E-state index contributed by atoms with van der Waals surface area (Å²) in [6.45, 7) is 4.10. The lowest BCUT2D eigenvalue weighted by Crippen LogP contribution is -2.22. The molecular formula is C25H23N3O. The van der Waals surface area contributed by atoms with Gasteiger partial charge in [-0.2, -0.15) is 5.10 Å². The summed E-state index contributed by atoms with van der Waals surface area (Å²) in [5.74, 6) is -0.235. The Hall–Kier alpha value is -3.66. The van der Waals surface area contributed by atoms with Gasteiger partial charge in [0.1, 0.15) is 5.69 Å².